The first-order valence-corrected chi connectivity index (χ1v) is 7.92. The Bertz CT molecular complexity index is 784. The van der Waals surface area contributed by atoms with Crippen molar-refractivity contribution >= 4 is 17.5 Å². The van der Waals surface area contributed by atoms with Crippen molar-refractivity contribution in [2.24, 2.45) is 0 Å². The number of aromatic nitrogens is 2. The Morgan fingerprint density at radius 2 is 2.09 bits per heavy atom. The van der Waals surface area contributed by atoms with Gasteiger partial charge in [0.25, 0.3) is 5.56 Å². The van der Waals surface area contributed by atoms with E-state index >= 15 is 0 Å². The molecule has 0 aliphatic carbocycles. The van der Waals surface area contributed by atoms with Crippen LogP contribution >= 0.6 is 11.6 Å². The second-order valence-corrected chi connectivity index (χ2v) is 5.83. The minimum Gasteiger partial charge on any atom is -0.355 e. The Morgan fingerprint density at radius 1 is 1.35 bits per heavy atom. The first-order valence-electron chi connectivity index (χ1n) is 7.54. The molecule has 1 amide bonds. The lowest BCUT2D eigenvalue weighted by atomic mass is 10.1. The molecule has 0 radical (unpaired) electrons. The molecule has 5 nitrogen and oxygen atoms in total. The molecule has 23 heavy (non-hydrogen) atoms. The van der Waals surface area contributed by atoms with Crippen molar-refractivity contribution in [3.8, 4) is 11.4 Å². The zero-order valence-corrected chi connectivity index (χ0v) is 14.3. The van der Waals surface area contributed by atoms with Crippen LogP contribution in [0.4, 0.5) is 0 Å². The lowest BCUT2D eigenvalue weighted by Crippen LogP contribution is -2.35. The maximum atomic E-state index is 12.6. The van der Waals surface area contributed by atoms with E-state index in [0.29, 0.717) is 34.2 Å². The van der Waals surface area contributed by atoms with Crippen molar-refractivity contribution in [2.75, 3.05) is 6.54 Å². The van der Waals surface area contributed by atoms with E-state index in [1.807, 2.05) is 13.0 Å². The van der Waals surface area contributed by atoms with Crippen LogP contribution in [0, 0.1) is 13.8 Å². The smallest absolute Gasteiger partial charge is 0.257 e. The molecule has 0 saturated heterocycles. The number of rotatable bonds is 5. The van der Waals surface area contributed by atoms with Crippen LogP contribution in [-0.4, -0.2) is 22.0 Å². The Hall–Kier alpha value is -2.14. The van der Waals surface area contributed by atoms with Gasteiger partial charge in [0, 0.05) is 28.4 Å². The molecule has 122 valence electrons. The molecule has 1 heterocycles. The van der Waals surface area contributed by atoms with Crippen LogP contribution in [0.5, 0.6) is 0 Å². The Balaban J connectivity index is 2.53. The molecular formula is C17H20ClN3O2. The number of hydrogen-bond donors (Lipinski definition) is 1. The minimum absolute atomic E-state index is 0.0607. The number of halogens is 1. The van der Waals surface area contributed by atoms with Gasteiger partial charge in [0.05, 0.1) is 0 Å². The molecule has 6 heteroatoms. The van der Waals surface area contributed by atoms with E-state index in [2.05, 4.69) is 10.3 Å². The van der Waals surface area contributed by atoms with E-state index < -0.39 is 0 Å². The largest absolute Gasteiger partial charge is 0.355 e. The summed E-state index contributed by atoms with van der Waals surface area (Å²) in [5, 5.41) is 3.33. The molecule has 0 aliphatic heterocycles. The maximum Gasteiger partial charge on any atom is 0.257 e. The summed E-state index contributed by atoms with van der Waals surface area (Å²) < 4.78 is 1.40. The first kappa shape index (κ1) is 17.2. The monoisotopic (exact) mass is 333 g/mol. The van der Waals surface area contributed by atoms with Crippen LogP contribution in [0.3, 0.4) is 0 Å². The van der Waals surface area contributed by atoms with Crippen LogP contribution in [0.15, 0.2) is 29.1 Å². The Labute approximate surface area is 140 Å². The number of amides is 1. The first-order chi connectivity index (χ1) is 10.9. The fourth-order valence-electron chi connectivity index (χ4n) is 2.22. The third kappa shape index (κ3) is 3.99. The van der Waals surface area contributed by atoms with Gasteiger partial charge in [0.2, 0.25) is 5.91 Å². The van der Waals surface area contributed by atoms with Crippen molar-refractivity contribution in [2.45, 2.75) is 33.7 Å². The highest BCUT2D eigenvalue weighted by molar-refractivity contribution is 6.30. The van der Waals surface area contributed by atoms with Gasteiger partial charge in [-0.1, -0.05) is 30.7 Å². The van der Waals surface area contributed by atoms with E-state index in [1.165, 1.54) is 4.57 Å². The van der Waals surface area contributed by atoms with E-state index in [-0.39, 0.29) is 18.0 Å². The molecule has 0 spiro atoms. The van der Waals surface area contributed by atoms with Gasteiger partial charge < -0.3 is 5.32 Å². The summed E-state index contributed by atoms with van der Waals surface area (Å²) in [5.74, 6) is 0.245. The lowest BCUT2D eigenvalue weighted by molar-refractivity contribution is -0.121. The Morgan fingerprint density at radius 3 is 2.74 bits per heavy atom. The van der Waals surface area contributed by atoms with Crippen molar-refractivity contribution in [3.05, 3.63) is 50.9 Å². The van der Waals surface area contributed by atoms with E-state index in [4.69, 9.17) is 11.6 Å². The number of aryl methyl sites for hydroxylation is 1. The van der Waals surface area contributed by atoms with E-state index in [1.54, 1.807) is 32.0 Å². The summed E-state index contributed by atoms with van der Waals surface area (Å²) in [7, 11) is 0. The van der Waals surface area contributed by atoms with Crippen LogP contribution in [0.25, 0.3) is 11.4 Å². The number of nitrogens with one attached hydrogen (secondary N) is 1. The predicted octanol–water partition coefficient (Wildman–Crippen LogP) is 2.71. The molecule has 0 bridgehead atoms. The van der Waals surface area contributed by atoms with Gasteiger partial charge >= 0.3 is 0 Å². The molecule has 0 fully saturated rings. The average molecular weight is 334 g/mol. The quantitative estimate of drug-likeness (QED) is 0.915. The number of carbonyl (C=O) groups is 1. The van der Waals surface area contributed by atoms with E-state index in [0.717, 1.165) is 6.42 Å². The molecule has 0 aliphatic rings. The summed E-state index contributed by atoms with van der Waals surface area (Å²) in [4.78, 5) is 29.1. The number of hydrogen-bond acceptors (Lipinski definition) is 3. The number of carbonyl (C=O) groups excluding carboxylic acids is 1. The standard InChI is InChI=1S/C17H20ClN3O2/c1-4-8-19-15(22)10-21-16(13-6-5-7-14(18)9-13)20-12(3)11(2)17(21)23/h5-7,9H,4,8,10H2,1-3H3,(H,19,22). The molecule has 1 aromatic heterocycles. The van der Waals surface area contributed by atoms with Crippen LogP contribution in [0.2, 0.25) is 5.02 Å². The molecule has 0 atom stereocenters. The van der Waals surface area contributed by atoms with Gasteiger partial charge in [-0.25, -0.2) is 4.98 Å². The molecule has 2 aromatic rings. The highest BCUT2D eigenvalue weighted by Gasteiger charge is 2.15. The van der Waals surface area contributed by atoms with Gasteiger partial charge in [0.1, 0.15) is 12.4 Å². The summed E-state index contributed by atoms with van der Waals surface area (Å²) >= 11 is 6.04. The van der Waals surface area contributed by atoms with Crippen molar-refractivity contribution in [1.29, 1.82) is 0 Å². The molecular weight excluding hydrogens is 314 g/mol. The van der Waals surface area contributed by atoms with Crippen LogP contribution < -0.4 is 10.9 Å². The summed E-state index contributed by atoms with van der Waals surface area (Å²) in [6.45, 7) is 5.99. The molecule has 1 aromatic carbocycles. The second-order valence-electron chi connectivity index (χ2n) is 5.40. The molecule has 2 rings (SSSR count). The fourth-order valence-corrected chi connectivity index (χ4v) is 2.41. The SMILES string of the molecule is CCCNC(=O)Cn1c(-c2cccc(Cl)c2)nc(C)c(C)c1=O. The van der Waals surface area contributed by atoms with Gasteiger partial charge in [0.15, 0.2) is 0 Å². The second kappa shape index (κ2) is 7.42. The zero-order chi connectivity index (χ0) is 17.0. The predicted molar refractivity (Wildman–Crippen MR) is 91.7 cm³/mol. The van der Waals surface area contributed by atoms with Crippen molar-refractivity contribution in [1.82, 2.24) is 14.9 Å². The third-order valence-electron chi connectivity index (χ3n) is 3.59. The summed E-state index contributed by atoms with van der Waals surface area (Å²) in [6.07, 6.45) is 0.840. The van der Waals surface area contributed by atoms with Crippen LogP contribution in [-0.2, 0) is 11.3 Å². The third-order valence-corrected chi connectivity index (χ3v) is 3.83. The highest BCUT2D eigenvalue weighted by Crippen LogP contribution is 2.21. The van der Waals surface area contributed by atoms with Gasteiger partial charge in [-0.2, -0.15) is 0 Å². The zero-order valence-electron chi connectivity index (χ0n) is 13.5. The van der Waals surface area contributed by atoms with E-state index in [9.17, 15) is 9.59 Å². The highest BCUT2D eigenvalue weighted by atomic mass is 35.5. The topological polar surface area (TPSA) is 64.0 Å². The molecule has 0 unspecified atom stereocenters. The van der Waals surface area contributed by atoms with Gasteiger partial charge in [-0.05, 0) is 32.4 Å². The average Bonchev–Trinajstić information content (AvgIpc) is 2.53. The molecule has 1 N–H and O–H groups in total. The summed E-state index contributed by atoms with van der Waals surface area (Å²) in [5.41, 5.74) is 1.69. The minimum atomic E-state index is -0.209. The van der Waals surface area contributed by atoms with Crippen LogP contribution in [0.1, 0.15) is 24.6 Å². The fraction of sp³-hybridized carbons (Fsp3) is 0.353. The van der Waals surface area contributed by atoms with Crippen molar-refractivity contribution in [3.63, 3.8) is 0 Å². The van der Waals surface area contributed by atoms with Crippen molar-refractivity contribution < 1.29 is 4.79 Å². The molecule has 0 saturated carbocycles. The maximum absolute atomic E-state index is 12.6. The Kier molecular flexibility index (Phi) is 5.55. The normalized spacial score (nSPS) is 10.6. The summed E-state index contributed by atoms with van der Waals surface area (Å²) in [6, 6.07) is 7.10. The lowest BCUT2D eigenvalue weighted by Gasteiger charge is -2.14. The van der Waals surface area contributed by atoms with Gasteiger partial charge in [-0.15, -0.1) is 0 Å². The number of nitrogens with zero attached hydrogens (tertiary/aromatic N) is 2. The van der Waals surface area contributed by atoms with Gasteiger partial charge in [-0.3, -0.25) is 14.2 Å². The number of benzene rings is 1.